The number of carbonyl (C=O) groups is 1. The second-order valence-electron chi connectivity index (χ2n) is 5.55. The van der Waals surface area contributed by atoms with E-state index < -0.39 is 11.4 Å². The number of ether oxygens (including phenoxy) is 2. The number of aliphatic carboxylic acids is 1. The molecule has 0 bridgehead atoms. The third-order valence-electron chi connectivity index (χ3n) is 4.21. The first-order chi connectivity index (χ1) is 9.56. The summed E-state index contributed by atoms with van der Waals surface area (Å²) >= 11 is 6.28. The summed E-state index contributed by atoms with van der Waals surface area (Å²) in [6, 6.07) is 3.48. The number of benzene rings is 1. The highest BCUT2D eigenvalue weighted by Gasteiger charge is 2.46. The second-order valence-corrected chi connectivity index (χ2v) is 5.95. The van der Waals surface area contributed by atoms with Crippen LogP contribution >= 0.6 is 11.6 Å². The predicted octanol–water partition coefficient (Wildman–Crippen LogP) is 3.40. The van der Waals surface area contributed by atoms with E-state index in [2.05, 4.69) is 0 Å². The van der Waals surface area contributed by atoms with E-state index in [1.54, 1.807) is 19.2 Å². The molecule has 108 valence electrons. The summed E-state index contributed by atoms with van der Waals surface area (Å²) in [6.07, 6.45) is 4.48. The van der Waals surface area contributed by atoms with E-state index in [4.69, 9.17) is 21.1 Å². The lowest BCUT2D eigenvalue weighted by atomic mass is 9.64. The van der Waals surface area contributed by atoms with Crippen LogP contribution in [0.2, 0.25) is 5.02 Å². The van der Waals surface area contributed by atoms with Crippen LogP contribution < -0.4 is 9.47 Å². The van der Waals surface area contributed by atoms with Gasteiger partial charge in [0.2, 0.25) is 0 Å². The molecule has 0 atom stereocenters. The molecule has 0 heterocycles. The Balaban J connectivity index is 2.00. The quantitative estimate of drug-likeness (QED) is 0.905. The molecule has 0 aromatic heterocycles. The molecule has 0 amide bonds. The van der Waals surface area contributed by atoms with Gasteiger partial charge in [-0.15, -0.1) is 0 Å². The first-order valence-corrected chi connectivity index (χ1v) is 7.23. The number of rotatable bonds is 5. The molecule has 2 saturated carbocycles. The van der Waals surface area contributed by atoms with Gasteiger partial charge < -0.3 is 14.6 Å². The van der Waals surface area contributed by atoms with Crippen molar-refractivity contribution in [3.05, 3.63) is 22.7 Å². The smallest absolute Gasteiger partial charge is 0.314 e. The molecule has 0 unspecified atom stereocenters. The van der Waals surface area contributed by atoms with E-state index in [0.29, 0.717) is 34.9 Å². The number of halogens is 1. The molecule has 2 aliphatic rings. The molecule has 1 aromatic rings. The van der Waals surface area contributed by atoms with Gasteiger partial charge in [0.05, 0.1) is 23.7 Å². The van der Waals surface area contributed by atoms with Crippen molar-refractivity contribution in [2.75, 3.05) is 7.11 Å². The molecule has 4 nitrogen and oxygen atoms in total. The van der Waals surface area contributed by atoms with E-state index in [1.807, 2.05) is 0 Å². The van der Waals surface area contributed by atoms with E-state index in [1.165, 1.54) is 0 Å². The molecule has 5 heteroatoms. The summed E-state index contributed by atoms with van der Waals surface area (Å²) in [7, 11) is 1.55. The fourth-order valence-corrected chi connectivity index (χ4v) is 2.87. The minimum atomic E-state index is -0.810. The molecule has 0 saturated heterocycles. The first kappa shape index (κ1) is 13.6. The van der Waals surface area contributed by atoms with Crippen molar-refractivity contribution in [2.24, 2.45) is 0 Å². The van der Waals surface area contributed by atoms with Crippen LogP contribution in [0.25, 0.3) is 0 Å². The molecule has 0 aliphatic heterocycles. The zero-order valence-electron chi connectivity index (χ0n) is 11.3. The van der Waals surface area contributed by atoms with Crippen molar-refractivity contribution in [3.63, 3.8) is 0 Å². The highest BCUT2D eigenvalue weighted by molar-refractivity contribution is 6.32. The largest absolute Gasteiger partial charge is 0.493 e. The topological polar surface area (TPSA) is 55.8 Å². The molecule has 3 rings (SSSR count). The van der Waals surface area contributed by atoms with E-state index in [-0.39, 0.29) is 6.10 Å². The Morgan fingerprint density at radius 2 is 2.10 bits per heavy atom. The summed E-state index contributed by atoms with van der Waals surface area (Å²) in [5.41, 5.74) is -0.101. The number of hydrogen-bond acceptors (Lipinski definition) is 3. The Morgan fingerprint density at radius 1 is 1.40 bits per heavy atom. The molecule has 20 heavy (non-hydrogen) atoms. The molecular formula is C15H17ClO4. The van der Waals surface area contributed by atoms with E-state index in [9.17, 15) is 9.90 Å². The maximum absolute atomic E-state index is 11.6. The Bertz CT molecular complexity index is 547. The van der Waals surface area contributed by atoms with Gasteiger partial charge in [0.1, 0.15) is 0 Å². The maximum atomic E-state index is 11.6. The highest BCUT2D eigenvalue weighted by Crippen LogP contribution is 2.48. The fraction of sp³-hybridized carbons (Fsp3) is 0.533. The lowest BCUT2D eigenvalue weighted by Crippen LogP contribution is -2.42. The molecule has 2 fully saturated rings. The van der Waals surface area contributed by atoms with Crippen molar-refractivity contribution in [1.29, 1.82) is 0 Å². The Labute approximate surface area is 122 Å². The molecule has 1 N–H and O–H groups in total. The van der Waals surface area contributed by atoms with Crippen LogP contribution in [0.1, 0.15) is 37.7 Å². The zero-order valence-corrected chi connectivity index (χ0v) is 12.1. The van der Waals surface area contributed by atoms with Crippen LogP contribution in [-0.4, -0.2) is 24.3 Å². The van der Waals surface area contributed by atoms with Gasteiger partial charge in [-0.2, -0.15) is 0 Å². The minimum Gasteiger partial charge on any atom is -0.493 e. The number of hydrogen-bond donors (Lipinski definition) is 1. The lowest BCUT2D eigenvalue weighted by Gasteiger charge is -2.38. The van der Waals surface area contributed by atoms with Gasteiger partial charge in [0.25, 0.3) is 0 Å². The number of carboxylic acids is 1. The van der Waals surface area contributed by atoms with Gasteiger partial charge >= 0.3 is 5.97 Å². The summed E-state index contributed by atoms with van der Waals surface area (Å²) in [5, 5.41) is 9.93. The average Bonchev–Trinajstić information content (AvgIpc) is 3.14. The van der Waals surface area contributed by atoms with Crippen LogP contribution in [0.3, 0.4) is 0 Å². The van der Waals surface area contributed by atoms with E-state index in [0.717, 1.165) is 19.3 Å². The normalized spacial score (nSPS) is 20.1. The van der Waals surface area contributed by atoms with Crippen molar-refractivity contribution >= 4 is 17.6 Å². The van der Waals surface area contributed by atoms with Crippen LogP contribution in [0, 0.1) is 0 Å². The molecular weight excluding hydrogens is 280 g/mol. The van der Waals surface area contributed by atoms with Crippen molar-refractivity contribution in [2.45, 2.75) is 43.6 Å². The van der Waals surface area contributed by atoms with Gasteiger partial charge in [-0.1, -0.05) is 18.0 Å². The van der Waals surface area contributed by atoms with Crippen LogP contribution in [0.15, 0.2) is 12.1 Å². The molecule has 1 aromatic carbocycles. The fourth-order valence-electron chi connectivity index (χ4n) is 2.62. The third kappa shape index (κ3) is 2.12. The summed E-state index contributed by atoms with van der Waals surface area (Å²) < 4.78 is 11.1. The molecule has 2 aliphatic carbocycles. The average molecular weight is 297 g/mol. The minimum absolute atomic E-state index is 0.212. The Hall–Kier alpha value is -1.42. The van der Waals surface area contributed by atoms with Gasteiger partial charge in [-0.05, 0) is 43.4 Å². The standard InChI is InChI=1S/C15H17ClO4/c1-19-12-8-9(15(14(17)18)5-2-6-15)7-11(16)13(12)20-10-3-4-10/h7-8,10H,2-6H2,1H3,(H,17,18). The highest BCUT2D eigenvalue weighted by atomic mass is 35.5. The monoisotopic (exact) mass is 296 g/mol. The van der Waals surface area contributed by atoms with Gasteiger partial charge in [-0.3, -0.25) is 4.79 Å². The van der Waals surface area contributed by atoms with Crippen molar-refractivity contribution < 1.29 is 19.4 Å². The van der Waals surface area contributed by atoms with Crippen LogP contribution in [0.5, 0.6) is 11.5 Å². The molecule has 0 radical (unpaired) electrons. The summed E-state index contributed by atoms with van der Waals surface area (Å²) in [4.78, 5) is 11.6. The van der Waals surface area contributed by atoms with Gasteiger partial charge in [-0.25, -0.2) is 0 Å². The van der Waals surface area contributed by atoms with E-state index >= 15 is 0 Å². The maximum Gasteiger partial charge on any atom is 0.314 e. The van der Waals surface area contributed by atoms with Gasteiger partial charge in [0.15, 0.2) is 11.5 Å². The second kappa shape index (κ2) is 4.85. The summed E-state index contributed by atoms with van der Waals surface area (Å²) in [6.45, 7) is 0. The van der Waals surface area contributed by atoms with Crippen molar-refractivity contribution in [3.8, 4) is 11.5 Å². The number of carboxylic acid groups (broad SMARTS) is 1. The van der Waals surface area contributed by atoms with Crippen molar-refractivity contribution in [1.82, 2.24) is 0 Å². The SMILES string of the molecule is COc1cc(C2(C(=O)O)CCC2)cc(Cl)c1OC1CC1. The van der Waals surface area contributed by atoms with Gasteiger partial charge in [0, 0.05) is 0 Å². The zero-order chi connectivity index (χ0) is 14.3. The first-order valence-electron chi connectivity index (χ1n) is 6.85. The summed E-state index contributed by atoms with van der Waals surface area (Å²) in [5.74, 6) is 0.255. The van der Waals surface area contributed by atoms with Crippen LogP contribution in [-0.2, 0) is 10.2 Å². The predicted molar refractivity (Wildman–Crippen MR) is 74.8 cm³/mol. The Morgan fingerprint density at radius 3 is 2.55 bits per heavy atom. The lowest BCUT2D eigenvalue weighted by molar-refractivity contribution is -0.147. The third-order valence-corrected chi connectivity index (χ3v) is 4.49. The molecule has 0 spiro atoms. The number of methoxy groups -OCH3 is 1. The Kier molecular flexibility index (Phi) is 3.28. The van der Waals surface area contributed by atoms with Crippen LogP contribution in [0.4, 0.5) is 0 Å².